The molecule has 0 fully saturated rings. The van der Waals surface area contributed by atoms with E-state index in [9.17, 15) is 13.5 Å². The fourth-order valence-corrected chi connectivity index (χ4v) is 2.22. The van der Waals surface area contributed by atoms with E-state index < -0.39 is 22.2 Å². The molecule has 4 N–H and O–H groups in total. The van der Waals surface area contributed by atoms with Crippen molar-refractivity contribution < 1.29 is 18.6 Å². The standard InChI is InChI=1S/C8H11NO4S/c9-8-6(11)2-1-3-7(8)14(12,13)5-4-10/h1-3,10-11H,4-5,9H2. The monoisotopic (exact) mass is 217 g/mol. The first kappa shape index (κ1) is 10.8. The zero-order chi connectivity index (χ0) is 10.8. The van der Waals surface area contributed by atoms with E-state index in [0.29, 0.717) is 0 Å². The predicted molar refractivity (Wildman–Crippen MR) is 51.7 cm³/mol. The fourth-order valence-electron chi connectivity index (χ4n) is 1.03. The quantitative estimate of drug-likeness (QED) is 0.478. The minimum Gasteiger partial charge on any atom is -0.506 e. The van der Waals surface area contributed by atoms with Gasteiger partial charge in [0.15, 0.2) is 9.84 Å². The molecule has 0 aromatic heterocycles. The van der Waals surface area contributed by atoms with Gasteiger partial charge in [-0.15, -0.1) is 0 Å². The number of aromatic hydroxyl groups is 1. The Morgan fingerprint density at radius 3 is 2.57 bits per heavy atom. The number of nitrogens with two attached hydrogens (primary N) is 1. The van der Waals surface area contributed by atoms with Gasteiger partial charge in [-0.25, -0.2) is 8.42 Å². The molecule has 0 aliphatic rings. The van der Waals surface area contributed by atoms with Crippen LogP contribution in [0.25, 0.3) is 0 Å². The van der Waals surface area contributed by atoms with Crippen LogP contribution in [0.4, 0.5) is 5.69 Å². The van der Waals surface area contributed by atoms with E-state index in [-0.39, 0.29) is 16.3 Å². The average molecular weight is 217 g/mol. The fraction of sp³-hybridized carbons (Fsp3) is 0.250. The van der Waals surface area contributed by atoms with Crippen molar-refractivity contribution in [3.8, 4) is 5.75 Å². The summed E-state index contributed by atoms with van der Waals surface area (Å²) in [5, 5.41) is 17.7. The van der Waals surface area contributed by atoms with Crippen LogP contribution in [0, 0.1) is 0 Å². The smallest absolute Gasteiger partial charge is 0.182 e. The number of anilines is 1. The van der Waals surface area contributed by atoms with Crippen LogP contribution in [-0.4, -0.2) is 31.0 Å². The van der Waals surface area contributed by atoms with Crippen molar-refractivity contribution in [2.45, 2.75) is 4.90 Å². The number of hydrogen-bond acceptors (Lipinski definition) is 5. The summed E-state index contributed by atoms with van der Waals surface area (Å²) < 4.78 is 22.9. The first-order chi connectivity index (χ1) is 6.49. The number of nitrogen functional groups attached to an aromatic ring is 1. The van der Waals surface area contributed by atoms with Crippen molar-refractivity contribution in [2.75, 3.05) is 18.1 Å². The van der Waals surface area contributed by atoms with Gasteiger partial charge in [0, 0.05) is 0 Å². The number of hydrogen-bond donors (Lipinski definition) is 3. The summed E-state index contributed by atoms with van der Waals surface area (Å²) in [6.45, 7) is -0.475. The molecule has 0 saturated carbocycles. The predicted octanol–water partition coefficient (Wildman–Crippen LogP) is -0.260. The van der Waals surface area contributed by atoms with Gasteiger partial charge >= 0.3 is 0 Å². The normalized spacial score (nSPS) is 11.5. The van der Waals surface area contributed by atoms with Gasteiger partial charge in [0.2, 0.25) is 0 Å². The van der Waals surface area contributed by atoms with Gasteiger partial charge in [0.25, 0.3) is 0 Å². The molecule has 0 unspecified atom stereocenters. The minimum atomic E-state index is -3.60. The molecule has 6 heteroatoms. The van der Waals surface area contributed by atoms with Gasteiger partial charge in [-0.2, -0.15) is 0 Å². The highest BCUT2D eigenvalue weighted by Gasteiger charge is 2.18. The van der Waals surface area contributed by atoms with Crippen LogP contribution in [0.3, 0.4) is 0 Å². The van der Waals surface area contributed by atoms with Crippen LogP contribution in [0.2, 0.25) is 0 Å². The van der Waals surface area contributed by atoms with Crippen LogP contribution in [0.5, 0.6) is 5.75 Å². The van der Waals surface area contributed by atoms with Crippen molar-refractivity contribution in [1.29, 1.82) is 0 Å². The molecule has 0 bridgehead atoms. The Morgan fingerprint density at radius 2 is 2.00 bits per heavy atom. The first-order valence-electron chi connectivity index (χ1n) is 3.90. The summed E-state index contributed by atoms with van der Waals surface area (Å²) in [6, 6.07) is 3.98. The van der Waals surface area contributed by atoms with Crippen LogP contribution >= 0.6 is 0 Å². The van der Waals surface area contributed by atoms with Crippen LogP contribution < -0.4 is 5.73 Å². The van der Waals surface area contributed by atoms with Gasteiger partial charge in [-0.05, 0) is 12.1 Å². The van der Waals surface area contributed by atoms with E-state index in [0.717, 1.165) is 0 Å². The number of para-hydroxylation sites is 1. The van der Waals surface area contributed by atoms with Crippen LogP contribution in [0.15, 0.2) is 23.1 Å². The number of sulfone groups is 1. The summed E-state index contributed by atoms with van der Waals surface area (Å²) in [6.07, 6.45) is 0. The molecule has 78 valence electrons. The molecule has 0 atom stereocenters. The number of aliphatic hydroxyl groups is 1. The molecule has 0 aliphatic carbocycles. The SMILES string of the molecule is Nc1c(O)cccc1S(=O)(=O)CCO. The van der Waals surface area contributed by atoms with Crippen molar-refractivity contribution in [3.05, 3.63) is 18.2 Å². The summed E-state index contributed by atoms with van der Waals surface area (Å²) >= 11 is 0. The number of benzene rings is 1. The summed E-state index contributed by atoms with van der Waals surface area (Å²) in [5.41, 5.74) is 5.21. The van der Waals surface area contributed by atoms with Crippen LogP contribution in [0.1, 0.15) is 0 Å². The molecule has 1 aromatic rings. The minimum absolute atomic E-state index is 0.147. The maximum Gasteiger partial charge on any atom is 0.182 e. The third kappa shape index (κ3) is 1.97. The zero-order valence-electron chi connectivity index (χ0n) is 7.34. The van der Waals surface area contributed by atoms with Gasteiger partial charge in [0.05, 0.1) is 22.9 Å². The third-order valence-corrected chi connectivity index (χ3v) is 3.48. The molecular weight excluding hydrogens is 206 g/mol. The molecular formula is C8H11NO4S. The molecule has 0 amide bonds. The van der Waals surface area contributed by atoms with Crippen LogP contribution in [-0.2, 0) is 9.84 Å². The Hall–Kier alpha value is -1.27. The third-order valence-electron chi connectivity index (χ3n) is 1.74. The summed E-state index contributed by atoms with van der Waals surface area (Å²) in [4.78, 5) is -0.147. The second kappa shape index (κ2) is 3.85. The van der Waals surface area contributed by atoms with Gasteiger partial charge in [-0.1, -0.05) is 6.07 Å². The number of phenols is 1. The second-order valence-corrected chi connectivity index (χ2v) is 4.81. The molecule has 1 rings (SSSR count). The highest BCUT2D eigenvalue weighted by Crippen LogP contribution is 2.27. The zero-order valence-corrected chi connectivity index (χ0v) is 8.16. The molecule has 14 heavy (non-hydrogen) atoms. The van der Waals surface area contributed by atoms with E-state index in [4.69, 9.17) is 10.8 Å². The molecule has 0 heterocycles. The summed E-state index contributed by atoms with van der Waals surface area (Å²) in [5.74, 6) is -0.676. The Kier molecular flexibility index (Phi) is 2.97. The number of rotatable bonds is 3. The van der Waals surface area contributed by atoms with E-state index in [1.165, 1.54) is 18.2 Å². The van der Waals surface area contributed by atoms with Gasteiger partial charge < -0.3 is 15.9 Å². The van der Waals surface area contributed by atoms with Crippen molar-refractivity contribution >= 4 is 15.5 Å². The lowest BCUT2D eigenvalue weighted by Gasteiger charge is -2.06. The maximum absolute atomic E-state index is 11.5. The van der Waals surface area contributed by atoms with E-state index in [2.05, 4.69) is 0 Å². The lowest BCUT2D eigenvalue weighted by molar-refractivity contribution is 0.319. The average Bonchev–Trinajstić information content (AvgIpc) is 2.09. The van der Waals surface area contributed by atoms with E-state index in [1.807, 2.05) is 0 Å². The van der Waals surface area contributed by atoms with Crippen molar-refractivity contribution in [3.63, 3.8) is 0 Å². The molecule has 1 aromatic carbocycles. The number of phenolic OH excluding ortho intramolecular Hbond substituents is 1. The molecule has 0 spiro atoms. The van der Waals surface area contributed by atoms with Gasteiger partial charge in [-0.3, -0.25) is 0 Å². The van der Waals surface area contributed by atoms with Gasteiger partial charge in [0.1, 0.15) is 5.75 Å². The largest absolute Gasteiger partial charge is 0.506 e. The van der Waals surface area contributed by atoms with Crippen molar-refractivity contribution in [2.24, 2.45) is 0 Å². The van der Waals surface area contributed by atoms with Crippen molar-refractivity contribution in [1.82, 2.24) is 0 Å². The Bertz CT molecular complexity index is 427. The highest BCUT2D eigenvalue weighted by atomic mass is 32.2. The maximum atomic E-state index is 11.5. The molecule has 5 nitrogen and oxygen atoms in total. The number of aliphatic hydroxyl groups excluding tert-OH is 1. The molecule has 0 saturated heterocycles. The topological polar surface area (TPSA) is 101 Å². The molecule has 0 radical (unpaired) electrons. The first-order valence-corrected chi connectivity index (χ1v) is 5.55. The Labute approximate surface area is 81.7 Å². The molecule has 0 aliphatic heterocycles. The van der Waals surface area contributed by atoms with E-state index >= 15 is 0 Å². The second-order valence-electron chi connectivity index (χ2n) is 2.73. The lowest BCUT2D eigenvalue weighted by Crippen LogP contribution is -2.12. The lowest BCUT2D eigenvalue weighted by atomic mass is 10.3. The Balaban J connectivity index is 3.27. The summed E-state index contributed by atoms with van der Waals surface area (Å²) in [7, 11) is -3.60. The Morgan fingerprint density at radius 1 is 1.36 bits per heavy atom. The van der Waals surface area contributed by atoms with E-state index in [1.54, 1.807) is 0 Å². The highest BCUT2D eigenvalue weighted by molar-refractivity contribution is 7.91.